The first-order chi connectivity index (χ1) is 11.3. The van der Waals surface area contributed by atoms with Crippen molar-refractivity contribution in [2.45, 2.75) is 109 Å². The molecule has 8 heteroatoms. The van der Waals surface area contributed by atoms with Crippen LogP contribution in [0.25, 0.3) is 0 Å². The second-order valence-corrected chi connectivity index (χ2v) is 6.80. The molecule has 0 aliphatic rings. The van der Waals surface area contributed by atoms with E-state index in [1.807, 2.05) is 0 Å². The molecule has 8 nitrogen and oxygen atoms in total. The molecule has 0 saturated heterocycles. The van der Waals surface area contributed by atoms with Crippen LogP contribution in [0.15, 0.2) is 0 Å². The van der Waals surface area contributed by atoms with Crippen molar-refractivity contribution in [3.8, 4) is 0 Å². The van der Waals surface area contributed by atoms with Crippen LogP contribution in [-0.2, 0) is 0 Å². The highest BCUT2D eigenvalue weighted by atomic mass is 16.3. The predicted octanol–water partition coefficient (Wildman–Crippen LogP) is -1.18. The first kappa shape index (κ1) is 26.9. The maximum Gasteiger partial charge on any atom is 0.0942 e. The lowest BCUT2D eigenvalue weighted by molar-refractivity contribution is -0.0816. The molecule has 0 radical (unpaired) electrons. The van der Waals surface area contributed by atoms with Gasteiger partial charge in [-0.1, -0.05) is 20.8 Å². The van der Waals surface area contributed by atoms with Crippen LogP contribution >= 0.6 is 0 Å². The summed E-state index contributed by atoms with van der Waals surface area (Å²) in [6.07, 6.45) is -4.21. The maximum absolute atomic E-state index is 9.74. The third-order valence-corrected chi connectivity index (χ3v) is 5.06. The van der Waals surface area contributed by atoms with E-state index in [2.05, 4.69) is 0 Å². The first-order valence-corrected chi connectivity index (χ1v) is 8.94. The molecule has 0 saturated carbocycles. The highest BCUT2D eigenvalue weighted by Gasteiger charge is 2.44. The molecule has 154 valence electrons. The maximum atomic E-state index is 9.74. The zero-order valence-electron chi connectivity index (χ0n) is 16.4. The Kier molecular flexibility index (Phi) is 12.3. The van der Waals surface area contributed by atoms with Gasteiger partial charge in [0.15, 0.2) is 0 Å². The average molecular weight is 369 g/mol. The fourth-order valence-electron chi connectivity index (χ4n) is 2.77. The molecule has 0 bridgehead atoms. The van der Waals surface area contributed by atoms with Crippen molar-refractivity contribution in [1.82, 2.24) is 0 Å². The van der Waals surface area contributed by atoms with Crippen molar-refractivity contribution in [2.24, 2.45) is 11.5 Å². The Bertz CT molecular complexity index is 304. The lowest BCUT2D eigenvalue weighted by atomic mass is 9.78. The summed E-state index contributed by atoms with van der Waals surface area (Å²) in [6, 6.07) is 0. The predicted molar refractivity (Wildman–Crippen MR) is 97.8 cm³/mol. The van der Waals surface area contributed by atoms with Crippen LogP contribution in [0.5, 0.6) is 0 Å². The summed E-state index contributed by atoms with van der Waals surface area (Å²) in [6.45, 7) is 9.66. The zero-order valence-corrected chi connectivity index (χ0v) is 16.4. The second-order valence-electron chi connectivity index (χ2n) is 6.80. The lowest BCUT2D eigenvalue weighted by Gasteiger charge is -2.41. The quantitative estimate of drug-likeness (QED) is 0.251. The van der Waals surface area contributed by atoms with Gasteiger partial charge in [0.1, 0.15) is 0 Å². The number of hydrogen-bond donors (Lipinski definition) is 8. The van der Waals surface area contributed by atoms with E-state index in [9.17, 15) is 15.3 Å². The van der Waals surface area contributed by atoms with Crippen LogP contribution in [0, 0.1) is 0 Å². The molecule has 25 heavy (non-hydrogen) atoms. The van der Waals surface area contributed by atoms with Crippen molar-refractivity contribution >= 4 is 0 Å². The number of aliphatic hydroxyl groups is 6. The fourth-order valence-corrected chi connectivity index (χ4v) is 2.77. The van der Waals surface area contributed by atoms with Gasteiger partial charge < -0.3 is 42.1 Å². The Morgan fingerprint density at radius 3 is 0.840 bits per heavy atom. The molecule has 0 aliphatic heterocycles. The summed E-state index contributed by atoms with van der Waals surface area (Å²) >= 11 is 0. The molecule has 6 unspecified atom stereocenters. The van der Waals surface area contributed by atoms with E-state index in [1.54, 1.807) is 20.8 Å². The van der Waals surface area contributed by atoms with Crippen molar-refractivity contribution in [1.29, 1.82) is 0 Å². The molecule has 0 heterocycles. The summed E-state index contributed by atoms with van der Waals surface area (Å²) in [4.78, 5) is 0. The highest BCUT2D eigenvalue weighted by molar-refractivity contribution is 5.02. The topological polar surface area (TPSA) is 173 Å². The Morgan fingerprint density at radius 1 is 0.560 bits per heavy atom. The Morgan fingerprint density at radius 2 is 0.760 bits per heavy atom. The Labute approximate surface area is 151 Å². The van der Waals surface area contributed by atoms with E-state index in [0.29, 0.717) is 19.3 Å². The smallest absolute Gasteiger partial charge is 0.0942 e. The molecular weight excluding hydrogens is 328 g/mol. The zero-order chi connectivity index (χ0) is 20.6. The van der Waals surface area contributed by atoms with Crippen LogP contribution in [0.4, 0.5) is 0 Å². The fraction of sp³-hybridized carbons (Fsp3) is 1.00. The summed E-state index contributed by atoms with van der Waals surface area (Å²) < 4.78 is 0. The summed E-state index contributed by atoms with van der Waals surface area (Å²) in [5.41, 5.74) is 8.85. The van der Waals surface area contributed by atoms with Crippen molar-refractivity contribution < 1.29 is 30.6 Å². The number of aliphatic hydroxyl groups excluding tert-OH is 6. The van der Waals surface area contributed by atoms with E-state index in [1.165, 1.54) is 20.8 Å². The van der Waals surface area contributed by atoms with E-state index in [4.69, 9.17) is 26.8 Å². The van der Waals surface area contributed by atoms with Gasteiger partial charge in [-0.05, 0) is 40.0 Å². The molecule has 0 fully saturated rings. The SMILES string of the molecule is CC(O)C(N)(C(C)O)C(C)O.CCC(O)C(N)(C(O)CC)C(O)CC. The summed E-state index contributed by atoms with van der Waals surface area (Å²) in [5.74, 6) is 0. The average Bonchev–Trinajstić information content (AvgIpc) is 2.57. The van der Waals surface area contributed by atoms with Gasteiger partial charge in [-0.25, -0.2) is 0 Å². The van der Waals surface area contributed by atoms with Crippen LogP contribution in [0.1, 0.15) is 60.8 Å². The number of hydrogen-bond acceptors (Lipinski definition) is 8. The molecule has 0 aromatic rings. The van der Waals surface area contributed by atoms with Gasteiger partial charge in [-0.2, -0.15) is 0 Å². The second kappa shape index (κ2) is 11.4. The monoisotopic (exact) mass is 368 g/mol. The molecule has 0 aromatic carbocycles. The molecule has 0 aliphatic carbocycles. The molecule has 6 atom stereocenters. The van der Waals surface area contributed by atoms with Crippen LogP contribution in [-0.4, -0.2) is 78.3 Å². The largest absolute Gasteiger partial charge is 0.391 e. The standard InChI is InChI=1S/C10H23NO3.C7H17NO3/c1-4-7(12)10(11,8(13)5-2)9(14)6-3;1-4(9)7(8,5(2)10)6(3)11/h7-9,12-14H,4-6,11H2,1-3H3;4-6,9-11H,8H2,1-3H3. The summed E-state index contributed by atoms with van der Waals surface area (Å²) in [7, 11) is 0. The Balaban J connectivity index is 0. The molecular formula is C17H40N2O6. The Hall–Kier alpha value is -0.320. The van der Waals surface area contributed by atoms with Gasteiger partial charge in [0, 0.05) is 0 Å². The van der Waals surface area contributed by atoms with Gasteiger partial charge in [0.2, 0.25) is 0 Å². The van der Waals surface area contributed by atoms with Crippen molar-refractivity contribution in [2.75, 3.05) is 0 Å². The van der Waals surface area contributed by atoms with Crippen LogP contribution < -0.4 is 11.5 Å². The van der Waals surface area contributed by atoms with Gasteiger partial charge in [0.05, 0.1) is 47.7 Å². The normalized spacial score (nSPS) is 23.8. The number of rotatable bonds is 9. The minimum absolute atomic E-state index is 0.421. The van der Waals surface area contributed by atoms with Gasteiger partial charge in [-0.3, -0.25) is 0 Å². The van der Waals surface area contributed by atoms with Gasteiger partial charge in [-0.15, -0.1) is 0 Å². The first-order valence-electron chi connectivity index (χ1n) is 8.94. The highest BCUT2D eigenvalue weighted by Crippen LogP contribution is 2.24. The lowest BCUT2D eigenvalue weighted by Crippen LogP contribution is -2.66. The van der Waals surface area contributed by atoms with E-state index in [-0.39, 0.29) is 0 Å². The minimum Gasteiger partial charge on any atom is -0.391 e. The van der Waals surface area contributed by atoms with Gasteiger partial charge in [0.25, 0.3) is 0 Å². The van der Waals surface area contributed by atoms with Crippen LogP contribution in [0.3, 0.4) is 0 Å². The van der Waals surface area contributed by atoms with E-state index >= 15 is 0 Å². The molecule has 0 aromatic heterocycles. The number of nitrogens with two attached hydrogens (primary N) is 2. The van der Waals surface area contributed by atoms with Crippen molar-refractivity contribution in [3.05, 3.63) is 0 Å². The van der Waals surface area contributed by atoms with E-state index < -0.39 is 47.7 Å². The van der Waals surface area contributed by atoms with Crippen molar-refractivity contribution in [3.63, 3.8) is 0 Å². The molecule has 10 N–H and O–H groups in total. The minimum atomic E-state index is -1.33. The molecule has 0 amide bonds. The third kappa shape index (κ3) is 6.41. The van der Waals surface area contributed by atoms with Gasteiger partial charge >= 0.3 is 0 Å². The van der Waals surface area contributed by atoms with Crippen LogP contribution in [0.2, 0.25) is 0 Å². The molecule has 0 spiro atoms. The third-order valence-electron chi connectivity index (χ3n) is 5.06. The summed E-state index contributed by atoms with van der Waals surface area (Å²) in [5, 5.41) is 56.7. The van der Waals surface area contributed by atoms with E-state index in [0.717, 1.165) is 0 Å². The molecule has 0 rings (SSSR count).